The number of hydrogen-bond donors (Lipinski definition) is 1. The summed E-state index contributed by atoms with van der Waals surface area (Å²) in [7, 11) is 4.49. The molecule has 1 amide bonds. The Hall–Kier alpha value is -2.28. The Labute approximate surface area is 141 Å². The van der Waals surface area contributed by atoms with Crippen LogP contribution in [0.25, 0.3) is 0 Å². The minimum absolute atomic E-state index is 0.0753. The molecule has 1 aliphatic rings. The first kappa shape index (κ1) is 18.1. The molecule has 1 N–H and O–H groups in total. The van der Waals surface area contributed by atoms with Crippen molar-refractivity contribution in [3.05, 3.63) is 23.8 Å². The van der Waals surface area contributed by atoms with Crippen molar-refractivity contribution in [2.24, 2.45) is 5.41 Å². The normalized spacial score (nSPS) is 20.5. The van der Waals surface area contributed by atoms with Crippen molar-refractivity contribution in [1.82, 2.24) is 4.90 Å². The van der Waals surface area contributed by atoms with E-state index in [4.69, 9.17) is 14.2 Å². The molecule has 1 heterocycles. The molecule has 7 heteroatoms. The fraction of sp³-hybridized carbons (Fsp3) is 0.529. The monoisotopic (exact) mass is 337 g/mol. The Balaban J connectivity index is 2.27. The lowest BCUT2D eigenvalue weighted by Gasteiger charge is -2.39. The Morgan fingerprint density at radius 1 is 1.25 bits per heavy atom. The van der Waals surface area contributed by atoms with Crippen molar-refractivity contribution < 1.29 is 28.9 Å². The van der Waals surface area contributed by atoms with Crippen molar-refractivity contribution in [3.63, 3.8) is 0 Å². The second-order valence-corrected chi connectivity index (χ2v) is 5.91. The highest BCUT2D eigenvalue weighted by Crippen LogP contribution is 2.33. The number of benzene rings is 1. The van der Waals surface area contributed by atoms with E-state index in [1.165, 1.54) is 21.3 Å². The lowest BCUT2D eigenvalue weighted by Crippen LogP contribution is -2.52. The van der Waals surface area contributed by atoms with Gasteiger partial charge in [0, 0.05) is 26.3 Å². The van der Waals surface area contributed by atoms with Gasteiger partial charge >= 0.3 is 5.97 Å². The third-order valence-corrected chi connectivity index (χ3v) is 4.38. The van der Waals surface area contributed by atoms with Gasteiger partial charge in [0.2, 0.25) is 0 Å². The second-order valence-electron chi connectivity index (χ2n) is 5.91. The highest BCUT2D eigenvalue weighted by atomic mass is 16.5. The van der Waals surface area contributed by atoms with Gasteiger partial charge in [-0.15, -0.1) is 0 Å². The smallest absolute Gasteiger partial charge is 0.313 e. The highest BCUT2D eigenvalue weighted by molar-refractivity contribution is 5.97. The molecule has 0 aliphatic carbocycles. The summed E-state index contributed by atoms with van der Waals surface area (Å²) in [5, 5.41) is 9.60. The van der Waals surface area contributed by atoms with Crippen LogP contribution in [0.3, 0.4) is 0 Å². The summed E-state index contributed by atoms with van der Waals surface area (Å²) in [6.07, 6.45) is 1.10. The molecule has 0 spiro atoms. The third kappa shape index (κ3) is 3.46. The topological polar surface area (TPSA) is 85.3 Å². The van der Waals surface area contributed by atoms with Gasteiger partial charge in [0.15, 0.2) is 0 Å². The average molecular weight is 337 g/mol. The molecule has 0 radical (unpaired) electrons. The van der Waals surface area contributed by atoms with E-state index in [1.807, 2.05) is 0 Å². The number of nitrogens with zero attached hydrogens (tertiary/aromatic N) is 1. The maximum Gasteiger partial charge on any atom is 0.313 e. The molecule has 2 rings (SSSR count). The van der Waals surface area contributed by atoms with E-state index < -0.39 is 11.4 Å². The number of amides is 1. The number of carboxylic acid groups (broad SMARTS) is 1. The van der Waals surface area contributed by atoms with Gasteiger partial charge < -0.3 is 24.2 Å². The summed E-state index contributed by atoms with van der Waals surface area (Å²) in [6, 6.07) is 4.95. The van der Waals surface area contributed by atoms with Crippen LogP contribution in [0.2, 0.25) is 0 Å². The number of rotatable bonds is 6. The maximum atomic E-state index is 12.9. The average Bonchev–Trinajstić information content (AvgIpc) is 2.60. The zero-order valence-electron chi connectivity index (χ0n) is 14.2. The molecule has 1 aromatic carbocycles. The maximum absolute atomic E-state index is 12.9. The van der Waals surface area contributed by atoms with Gasteiger partial charge in [-0.2, -0.15) is 0 Å². The molecule has 0 bridgehead atoms. The lowest BCUT2D eigenvalue weighted by atomic mass is 9.80. The SMILES string of the molecule is COCC1(C(=O)O)CCCN(C(=O)c2ccc(OC)cc2OC)C1. The van der Waals surface area contributed by atoms with E-state index in [0.717, 1.165) is 0 Å². The minimum atomic E-state index is -1.07. The number of carboxylic acids is 1. The first-order valence-electron chi connectivity index (χ1n) is 7.71. The largest absolute Gasteiger partial charge is 0.497 e. The molecule has 132 valence electrons. The van der Waals surface area contributed by atoms with Crippen molar-refractivity contribution >= 4 is 11.9 Å². The van der Waals surface area contributed by atoms with Crippen molar-refractivity contribution in [2.45, 2.75) is 12.8 Å². The van der Waals surface area contributed by atoms with Crippen LogP contribution in [-0.2, 0) is 9.53 Å². The Kier molecular flexibility index (Phi) is 5.66. The number of piperidine rings is 1. The molecule has 7 nitrogen and oxygen atoms in total. The molecule has 1 atom stereocenters. The first-order chi connectivity index (χ1) is 11.5. The van der Waals surface area contributed by atoms with Gasteiger partial charge in [0.1, 0.15) is 16.9 Å². The van der Waals surface area contributed by atoms with E-state index >= 15 is 0 Å². The summed E-state index contributed by atoms with van der Waals surface area (Å²) in [5.74, 6) is -0.210. The van der Waals surface area contributed by atoms with Crippen LogP contribution in [0.5, 0.6) is 11.5 Å². The summed E-state index contributed by atoms with van der Waals surface area (Å²) >= 11 is 0. The fourth-order valence-corrected chi connectivity index (χ4v) is 3.08. The molecule has 1 saturated heterocycles. The quantitative estimate of drug-likeness (QED) is 0.850. The lowest BCUT2D eigenvalue weighted by molar-refractivity contribution is -0.155. The molecule has 24 heavy (non-hydrogen) atoms. The Morgan fingerprint density at radius 3 is 2.58 bits per heavy atom. The molecule has 1 aliphatic heterocycles. The number of aliphatic carboxylic acids is 1. The van der Waals surface area contributed by atoms with E-state index in [1.54, 1.807) is 23.1 Å². The van der Waals surface area contributed by atoms with Gasteiger partial charge in [-0.3, -0.25) is 9.59 Å². The number of methoxy groups -OCH3 is 3. The summed E-state index contributed by atoms with van der Waals surface area (Å²) < 4.78 is 15.5. The molecule has 0 aromatic heterocycles. The van der Waals surface area contributed by atoms with Gasteiger partial charge in [-0.25, -0.2) is 0 Å². The van der Waals surface area contributed by atoms with E-state index in [0.29, 0.717) is 36.4 Å². The molecular weight excluding hydrogens is 314 g/mol. The standard InChI is InChI=1S/C17H23NO6/c1-22-11-17(16(20)21)7-4-8-18(10-17)15(19)13-6-5-12(23-2)9-14(13)24-3/h5-6,9H,4,7-8,10-11H2,1-3H3,(H,20,21). The number of likely N-dealkylation sites (tertiary alicyclic amines) is 1. The minimum Gasteiger partial charge on any atom is -0.497 e. The Bertz CT molecular complexity index is 613. The first-order valence-corrected chi connectivity index (χ1v) is 7.71. The van der Waals surface area contributed by atoms with Crippen LogP contribution in [0.4, 0.5) is 0 Å². The zero-order valence-corrected chi connectivity index (χ0v) is 14.2. The molecule has 1 aromatic rings. The number of ether oxygens (including phenoxy) is 3. The predicted molar refractivity (Wildman–Crippen MR) is 86.6 cm³/mol. The van der Waals surface area contributed by atoms with Crippen molar-refractivity contribution in [1.29, 1.82) is 0 Å². The van der Waals surface area contributed by atoms with Gasteiger partial charge in [-0.05, 0) is 25.0 Å². The van der Waals surface area contributed by atoms with Gasteiger partial charge in [-0.1, -0.05) is 0 Å². The van der Waals surface area contributed by atoms with E-state index in [9.17, 15) is 14.7 Å². The van der Waals surface area contributed by atoms with Crippen LogP contribution in [0.15, 0.2) is 18.2 Å². The number of carbonyl (C=O) groups is 2. The predicted octanol–water partition coefficient (Wildman–Crippen LogP) is 1.66. The van der Waals surface area contributed by atoms with Crippen LogP contribution in [0, 0.1) is 5.41 Å². The second kappa shape index (κ2) is 7.53. The zero-order chi connectivity index (χ0) is 17.7. The van der Waals surface area contributed by atoms with Crippen LogP contribution in [0.1, 0.15) is 23.2 Å². The van der Waals surface area contributed by atoms with Gasteiger partial charge in [0.25, 0.3) is 5.91 Å². The van der Waals surface area contributed by atoms with Crippen molar-refractivity contribution in [2.75, 3.05) is 41.0 Å². The van der Waals surface area contributed by atoms with Crippen LogP contribution < -0.4 is 9.47 Å². The van der Waals surface area contributed by atoms with Crippen LogP contribution >= 0.6 is 0 Å². The molecule has 1 unspecified atom stereocenters. The highest BCUT2D eigenvalue weighted by Gasteiger charge is 2.44. The molecule has 0 saturated carbocycles. The van der Waals surface area contributed by atoms with Crippen LogP contribution in [-0.4, -0.2) is 62.9 Å². The van der Waals surface area contributed by atoms with E-state index in [2.05, 4.69) is 0 Å². The number of carbonyl (C=O) groups excluding carboxylic acids is 1. The third-order valence-electron chi connectivity index (χ3n) is 4.38. The summed E-state index contributed by atoms with van der Waals surface area (Å²) in [4.78, 5) is 26.1. The van der Waals surface area contributed by atoms with E-state index in [-0.39, 0.29) is 19.1 Å². The molecular formula is C17H23NO6. The number of hydrogen-bond acceptors (Lipinski definition) is 5. The summed E-state index contributed by atoms with van der Waals surface area (Å²) in [6.45, 7) is 0.697. The summed E-state index contributed by atoms with van der Waals surface area (Å²) in [5.41, 5.74) is -0.681. The van der Waals surface area contributed by atoms with Crippen molar-refractivity contribution in [3.8, 4) is 11.5 Å². The Morgan fingerprint density at radius 2 is 2.00 bits per heavy atom. The fourth-order valence-electron chi connectivity index (χ4n) is 3.08. The molecule has 1 fully saturated rings. The van der Waals surface area contributed by atoms with Gasteiger partial charge in [0.05, 0.1) is 26.4 Å².